The Hall–Kier alpha value is -5.32. The first-order valence-corrected chi connectivity index (χ1v) is 15.8. The van der Waals surface area contributed by atoms with Gasteiger partial charge in [0, 0.05) is 17.8 Å². The van der Waals surface area contributed by atoms with Crippen LogP contribution >= 0.6 is 0 Å². The van der Waals surface area contributed by atoms with E-state index in [0.29, 0.717) is 17.1 Å². The van der Waals surface area contributed by atoms with Crippen molar-refractivity contribution in [1.82, 2.24) is 20.9 Å². The number of rotatable bonds is 11. The van der Waals surface area contributed by atoms with Gasteiger partial charge in [-0.15, -0.1) is 0 Å². The van der Waals surface area contributed by atoms with E-state index in [1.54, 1.807) is 37.4 Å². The Labute approximate surface area is 272 Å². The molecule has 0 radical (unpaired) electrons. The Balaban J connectivity index is 1.21. The van der Waals surface area contributed by atoms with Crippen LogP contribution in [0.3, 0.4) is 0 Å². The Kier molecular flexibility index (Phi) is 9.42. The van der Waals surface area contributed by atoms with Crippen LogP contribution in [0.2, 0.25) is 0 Å². The highest BCUT2D eigenvalue weighted by Crippen LogP contribution is 2.34. The molecule has 6 rings (SSSR count). The third-order valence-electron chi connectivity index (χ3n) is 9.05. The van der Waals surface area contributed by atoms with Gasteiger partial charge in [0.25, 0.3) is 0 Å². The van der Waals surface area contributed by atoms with Crippen molar-refractivity contribution >= 4 is 35.5 Å². The van der Waals surface area contributed by atoms with Crippen molar-refractivity contribution < 1.29 is 33.4 Å². The third-order valence-corrected chi connectivity index (χ3v) is 9.05. The third kappa shape index (κ3) is 7.24. The van der Waals surface area contributed by atoms with Crippen molar-refractivity contribution in [1.29, 1.82) is 0 Å². The summed E-state index contributed by atoms with van der Waals surface area (Å²) in [4.78, 5) is 69.6. The second kappa shape index (κ2) is 14.0. The Morgan fingerprint density at radius 1 is 0.957 bits per heavy atom. The minimum absolute atomic E-state index is 0.141. The fraction of sp³-hybridized carbons (Fsp3) is 0.333. The van der Waals surface area contributed by atoms with Gasteiger partial charge in [0.15, 0.2) is 17.3 Å². The molecule has 3 heterocycles. The average molecular weight is 637 g/mol. The number of carbonyl (C=O) groups excluding carboxylic acids is 5. The molecule has 0 bridgehead atoms. The Bertz CT molecular complexity index is 1700. The number of ketones is 1. The second-order valence-corrected chi connectivity index (χ2v) is 12.2. The van der Waals surface area contributed by atoms with Crippen LogP contribution in [0.5, 0.6) is 11.5 Å². The number of nitrogens with one attached hydrogen (secondary N) is 3. The molecule has 1 aromatic heterocycles. The summed E-state index contributed by atoms with van der Waals surface area (Å²) >= 11 is 0. The first kappa shape index (κ1) is 31.7. The van der Waals surface area contributed by atoms with Gasteiger partial charge < -0.3 is 20.1 Å². The largest absolute Gasteiger partial charge is 0.454 e. The predicted octanol–water partition coefficient (Wildman–Crippen LogP) is 3.89. The SMILES string of the molecule is C[C@@H]1C(=O)NC(=O)[C@H]1C(=O)C(NC(=O)CC(NC(=O)/C=C/c1ccc2c(c1)OCO2)c1ccc(-c2ccccn2)cc1)C1CCCC1. The van der Waals surface area contributed by atoms with Gasteiger partial charge in [-0.3, -0.25) is 34.3 Å². The molecule has 4 atom stereocenters. The lowest BCUT2D eigenvalue weighted by atomic mass is 9.83. The van der Waals surface area contributed by atoms with Crippen molar-refractivity contribution in [3.05, 3.63) is 84.1 Å². The first-order chi connectivity index (χ1) is 22.8. The molecule has 11 nitrogen and oxygen atoms in total. The fourth-order valence-electron chi connectivity index (χ4n) is 6.47. The zero-order valence-corrected chi connectivity index (χ0v) is 25.9. The summed E-state index contributed by atoms with van der Waals surface area (Å²) in [6.07, 6.45) is 7.85. The highest BCUT2D eigenvalue weighted by molar-refractivity contribution is 6.16. The number of Topliss-reactive ketones (excluding diaryl/α,β-unsaturated/α-hetero) is 1. The number of ether oxygens (including phenoxy) is 2. The first-order valence-electron chi connectivity index (χ1n) is 15.8. The van der Waals surface area contributed by atoms with Crippen LogP contribution < -0.4 is 25.4 Å². The molecule has 2 aromatic carbocycles. The van der Waals surface area contributed by atoms with Gasteiger partial charge in [-0.2, -0.15) is 0 Å². The summed E-state index contributed by atoms with van der Waals surface area (Å²) < 4.78 is 10.8. The zero-order chi connectivity index (χ0) is 32.9. The lowest BCUT2D eigenvalue weighted by Crippen LogP contribution is -2.50. The van der Waals surface area contributed by atoms with E-state index in [-0.39, 0.29) is 19.1 Å². The van der Waals surface area contributed by atoms with Gasteiger partial charge in [0.1, 0.15) is 5.92 Å². The number of carbonyl (C=O) groups is 5. The molecule has 11 heteroatoms. The molecule has 3 N–H and O–H groups in total. The molecular formula is C36H36N4O7. The maximum Gasteiger partial charge on any atom is 0.244 e. The molecule has 4 amide bonds. The normalized spacial score (nSPS) is 20.2. The maximum atomic E-state index is 13.7. The fourth-order valence-corrected chi connectivity index (χ4v) is 6.47. The minimum Gasteiger partial charge on any atom is -0.454 e. The van der Waals surface area contributed by atoms with Crippen molar-refractivity contribution in [3.63, 3.8) is 0 Å². The predicted molar refractivity (Wildman–Crippen MR) is 171 cm³/mol. The Morgan fingerprint density at radius 3 is 2.43 bits per heavy atom. The molecule has 1 saturated carbocycles. The van der Waals surface area contributed by atoms with Gasteiger partial charge >= 0.3 is 0 Å². The molecule has 1 aliphatic carbocycles. The number of amides is 4. The summed E-state index contributed by atoms with van der Waals surface area (Å²) in [6.45, 7) is 1.69. The summed E-state index contributed by atoms with van der Waals surface area (Å²) in [5, 5.41) is 8.08. The van der Waals surface area contributed by atoms with E-state index >= 15 is 0 Å². The van der Waals surface area contributed by atoms with Crippen LogP contribution in [0, 0.1) is 17.8 Å². The molecule has 0 spiro atoms. The Morgan fingerprint density at radius 2 is 1.72 bits per heavy atom. The number of nitrogens with zero attached hydrogens (tertiary/aromatic N) is 1. The zero-order valence-electron chi connectivity index (χ0n) is 25.9. The summed E-state index contributed by atoms with van der Waals surface area (Å²) in [6, 6.07) is 16.7. The molecule has 242 valence electrons. The number of fused-ring (bicyclic) bond motifs is 1. The molecule has 2 unspecified atom stereocenters. The molecule has 3 aromatic rings. The highest BCUT2D eigenvalue weighted by Gasteiger charge is 2.47. The maximum absolute atomic E-state index is 13.7. The number of pyridine rings is 1. The summed E-state index contributed by atoms with van der Waals surface area (Å²) in [5.41, 5.74) is 3.07. The highest BCUT2D eigenvalue weighted by atomic mass is 16.7. The van der Waals surface area contributed by atoms with Gasteiger partial charge in [0.05, 0.1) is 30.1 Å². The van der Waals surface area contributed by atoms with Crippen molar-refractivity contribution in [2.45, 2.75) is 51.1 Å². The summed E-state index contributed by atoms with van der Waals surface area (Å²) in [5.74, 6) is -3.31. The lowest BCUT2D eigenvalue weighted by Gasteiger charge is -2.27. The van der Waals surface area contributed by atoms with Crippen molar-refractivity contribution in [2.24, 2.45) is 17.8 Å². The van der Waals surface area contributed by atoms with E-state index in [1.165, 1.54) is 6.08 Å². The van der Waals surface area contributed by atoms with Crippen LogP contribution in [-0.4, -0.2) is 47.2 Å². The van der Waals surface area contributed by atoms with Gasteiger partial charge in [0.2, 0.25) is 30.4 Å². The summed E-state index contributed by atoms with van der Waals surface area (Å²) in [7, 11) is 0. The van der Waals surface area contributed by atoms with Crippen molar-refractivity contribution in [3.8, 4) is 22.8 Å². The smallest absolute Gasteiger partial charge is 0.244 e. The van der Waals surface area contributed by atoms with E-state index in [9.17, 15) is 24.0 Å². The molecule has 2 fully saturated rings. The van der Waals surface area contributed by atoms with Crippen LogP contribution in [0.15, 0.2) is 72.9 Å². The van der Waals surface area contributed by atoms with E-state index in [0.717, 1.165) is 42.5 Å². The number of imide groups is 1. The number of benzene rings is 2. The van der Waals surface area contributed by atoms with E-state index in [1.807, 2.05) is 42.5 Å². The average Bonchev–Trinajstić information content (AvgIpc) is 3.83. The van der Waals surface area contributed by atoms with Crippen LogP contribution in [0.4, 0.5) is 0 Å². The van der Waals surface area contributed by atoms with Crippen molar-refractivity contribution in [2.75, 3.05) is 6.79 Å². The second-order valence-electron chi connectivity index (χ2n) is 12.2. The number of hydrogen-bond donors (Lipinski definition) is 3. The lowest BCUT2D eigenvalue weighted by molar-refractivity contribution is -0.137. The van der Waals surface area contributed by atoms with Gasteiger partial charge in [-0.05, 0) is 60.2 Å². The van der Waals surface area contributed by atoms with Crippen LogP contribution in [-0.2, 0) is 24.0 Å². The number of aromatic nitrogens is 1. The topological polar surface area (TPSA) is 153 Å². The minimum atomic E-state index is -1.15. The monoisotopic (exact) mass is 636 g/mol. The quantitative estimate of drug-likeness (QED) is 0.163. The molecule has 3 aliphatic rings. The molecule has 47 heavy (non-hydrogen) atoms. The molecule has 2 aliphatic heterocycles. The van der Waals surface area contributed by atoms with E-state index < -0.39 is 53.3 Å². The van der Waals surface area contributed by atoms with Crippen LogP contribution in [0.25, 0.3) is 17.3 Å². The van der Waals surface area contributed by atoms with Crippen LogP contribution in [0.1, 0.15) is 56.2 Å². The van der Waals surface area contributed by atoms with Gasteiger partial charge in [-0.1, -0.05) is 56.2 Å². The molecule has 1 saturated heterocycles. The molecular weight excluding hydrogens is 600 g/mol. The van der Waals surface area contributed by atoms with E-state index in [4.69, 9.17) is 9.47 Å². The number of hydrogen-bond acceptors (Lipinski definition) is 8. The standard InChI is InChI=1S/C36H36N4O7/c1-21-32(36(45)40-35(21)44)34(43)33(25-6-2-3-7-25)39-31(42)19-27(24-13-11-23(12-14-24)26-8-4-5-17-37-26)38-30(41)16-10-22-9-15-28-29(18-22)47-20-46-28/h4-5,8-18,21,25,27,32-33H,2-3,6-7,19-20H2,1H3,(H,38,41)(H,39,42)(H,40,44,45)/b16-10+/t21-,27?,32+,33?/m0/s1. The van der Waals surface area contributed by atoms with E-state index in [2.05, 4.69) is 20.9 Å². The van der Waals surface area contributed by atoms with Gasteiger partial charge in [-0.25, -0.2) is 0 Å².